The Morgan fingerprint density at radius 3 is 2.40 bits per heavy atom. The summed E-state index contributed by atoms with van der Waals surface area (Å²) in [5, 5.41) is 3.15. The molecule has 2 saturated heterocycles. The second kappa shape index (κ2) is 9.49. The van der Waals surface area contributed by atoms with E-state index in [1.54, 1.807) is 12.0 Å². The van der Waals surface area contributed by atoms with Crippen LogP contribution in [0.2, 0.25) is 0 Å². The first-order chi connectivity index (χ1) is 14.3. The molecule has 1 atom stereocenters. The van der Waals surface area contributed by atoms with Gasteiger partial charge in [-0.05, 0) is 50.8 Å². The highest BCUT2D eigenvalue weighted by Crippen LogP contribution is 2.25. The standard InChI is InChI=1S/C23H33N3O4/c1-23(2,18-8-10-19(30-3)11-9-18)24-22(29)17-7-12-21(28)26(16-17)15-5-14-25-13-4-6-20(25)27/h8-11,17H,4-7,12-16H2,1-3H3,(H,24,29)/t17-/m0/s1. The summed E-state index contributed by atoms with van der Waals surface area (Å²) in [6.45, 7) is 6.49. The molecule has 0 radical (unpaired) electrons. The molecule has 3 amide bonds. The number of ether oxygens (including phenoxy) is 1. The van der Waals surface area contributed by atoms with Gasteiger partial charge in [-0.2, -0.15) is 0 Å². The minimum atomic E-state index is -0.522. The Morgan fingerprint density at radius 2 is 1.77 bits per heavy atom. The van der Waals surface area contributed by atoms with Crippen molar-refractivity contribution in [3.63, 3.8) is 0 Å². The zero-order valence-electron chi connectivity index (χ0n) is 18.3. The summed E-state index contributed by atoms with van der Waals surface area (Å²) >= 11 is 0. The number of rotatable bonds is 8. The largest absolute Gasteiger partial charge is 0.497 e. The molecule has 0 aliphatic carbocycles. The molecule has 0 unspecified atom stereocenters. The summed E-state index contributed by atoms with van der Waals surface area (Å²) in [5.41, 5.74) is 0.474. The first-order valence-electron chi connectivity index (χ1n) is 10.8. The van der Waals surface area contributed by atoms with Crippen molar-refractivity contribution in [3.05, 3.63) is 29.8 Å². The van der Waals surface area contributed by atoms with Crippen LogP contribution in [0.15, 0.2) is 24.3 Å². The lowest BCUT2D eigenvalue weighted by atomic mass is 9.91. The van der Waals surface area contributed by atoms with Crippen LogP contribution >= 0.6 is 0 Å². The lowest BCUT2D eigenvalue weighted by Gasteiger charge is -2.35. The summed E-state index contributed by atoms with van der Waals surface area (Å²) in [7, 11) is 1.63. The smallest absolute Gasteiger partial charge is 0.225 e. The summed E-state index contributed by atoms with van der Waals surface area (Å²) < 4.78 is 5.20. The third kappa shape index (κ3) is 5.32. The summed E-state index contributed by atoms with van der Waals surface area (Å²) in [6.07, 6.45) is 3.28. The molecule has 0 saturated carbocycles. The fourth-order valence-corrected chi connectivity index (χ4v) is 4.23. The van der Waals surface area contributed by atoms with Crippen LogP contribution in [0, 0.1) is 5.92 Å². The average Bonchev–Trinajstić information content (AvgIpc) is 3.13. The fourth-order valence-electron chi connectivity index (χ4n) is 4.23. The molecule has 3 rings (SSSR count). The Hall–Kier alpha value is -2.57. The maximum Gasteiger partial charge on any atom is 0.225 e. The van der Waals surface area contributed by atoms with Gasteiger partial charge in [0.1, 0.15) is 5.75 Å². The van der Waals surface area contributed by atoms with Gasteiger partial charge < -0.3 is 19.9 Å². The lowest BCUT2D eigenvalue weighted by Crippen LogP contribution is -2.50. The van der Waals surface area contributed by atoms with Crippen LogP contribution in [0.4, 0.5) is 0 Å². The number of nitrogens with one attached hydrogen (secondary N) is 1. The Morgan fingerprint density at radius 1 is 1.10 bits per heavy atom. The third-order valence-corrected chi connectivity index (χ3v) is 6.15. The molecule has 2 fully saturated rings. The van der Waals surface area contributed by atoms with Gasteiger partial charge >= 0.3 is 0 Å². The predicted molar refractivity (Wildman–Crippen MR) is 114 cm³/mol. The van der Waals surface area contributed by atoms with E-state index in [1.807, 2.05) is 43.0 Å². The van der Waals surface area contributed by atoms with E-state index in [-0.39, 0.29) is 23.6 Å². The van der Waals surface area contributed by atoms with Gasteiger partial charge in [0, 0.05) is 39.0 Å². The number of benzene rings is 1. The van der Waals surface area contributed by atoms with Crippen LogP contribution in [-0.2, 0) is 19.9 Å². The summed E-state index contributed by atoms with van der Waals surface area (Å²) in [4.78, 5) is 40.7. The van der Waals surface area contributed by atoms with Crippen molar-refractivity contribution < 1.29 is 19.1 Å². The van der Waals surface area contributed by atoms with Crippen LogP contribution in [-0.4, -0.2) is 60.8 Å². The maximum atomic E-state index is 13.0. The highest BCUT2D eigenvalue weighted by molar-refractivity contribution is 5.84. The number of piperidine rings is 1. The Kier molecular flexibility index (Phi) is 7.00. The highest BCUT2D eigenvalue weighted by atomic mass is 16.5. The lowest BCUT2D eigenvalue weighted by molar-refractivity contribution is -0.138. The van der Waals surface area contributed by atoms with E-state index in [0.717, 1.165) is 30.7 Å². The van der Waals surface area contributed by atoms with Gasteiger partial charge in [0.2, 0.25) is 17.7 Å². The van der Waals surface area contributed by atoms with Gasteiger partial charge in [0.25, 0.3) is 0 Å². The number of likely N-dealkylation sites (tertiary alicyclic amines) is 2. The van der Waals surface area contributed by atoms with E-state index in [2.05, 4.69) is 5.32 Å². The normalized spacial score (nSPS) is 19.9. The van der Waals surface area contributed by atoms with Gasteiger partial charge in [-0.15, -0.1) is 0 Å². The molecule has 1 aromatic carbocycles. The number of hydrogen-bond acceptors (Lipinski definition) is 4. The SMILES string of the molecule is COc1ccc(C(C)(C)NC(=O)[C@H]2CCC(=O)N(CCCN3CCCC3=O)C2)cc1. The number of hydrogen-bond donors (Lipinski definition) is 1. The van der Waals surface area contributed by atoms with Gasteiger partial charge in [0.05, 0.1) is 18.6 Å². The minimum absolute atomic E-state index is 0.0250. The molecule has 0 spiro atoms. The average molecular weight is 416 g/mol. The number of amides is 3. The van der Waals surface area contributed by atoms with Gasteiger partial charge in [-0.25, -0.2) is 0 Å². The molecule has 2 aliphatic rings. The van der Waals surface area contributed by atoms with E-state index in [1.165, 1.54) is 0 Å². The van der Waals surface area contributed by atoms with Crippen molar-refractivity contribution in [2.24, 2.45) is 5.92 Å². The molecular formula is C23H33N3O4. The molecule has 2 aliphatic heterocycles. The van der Waals surface area contributed by atoms with E-state index in [4.69, 9.17) is 4.74 Å². The first-order valence-corrected chi connectivity index (χ1v) is 10.8. The van der Waals surface area contributed by atoms with E-state index in [0.29, 0.717) is 38.9 Å². The molecule has 0 aromatic heterocycles. The van der Waals surface area contributed by atoms with Crippen molar-refractivity contribution >= 4 is 17.7 Å². The number of carbonyl (C=O) groups excluding carboxylic acids is 3. The molecule has 164 valence electrons. The Bertz CT molecular complexity index is 775. The second-order valence-corrected chi connectivity index (χ2v) is 8.76. The monoisotopic (exact) mass is 415 g/mol. The van der Waals surface area contributed by atoms with Crippen molar-refractivity contribution in [1.82, 2.24) is 15.1 Å². The van der Waals surface area contributed by atoms with Crippen LogP contribution in [0.3, 0.4) is 0 Å². The molecule has 1 N–H and O–H groups in total. The van der Waals surface area contributed by atoms with Crippen LogP contribution < -0.4 is 10.1 Å². The Balaban J connectivity index is 1.53. The fraction of sp³-hybridized carbons (Fsp3) is 0.609. The molecular weight excluding hydrogens is 382 g/mol. The second-order valence-electron chi connectivity index (χ2n) is 8.76. The van der Waals surface area contributed by atoms with Crippen molar-refractivity contribution in [1.29, 1.82) is 0 Å². The van der Waals surface area contributed by atoms with Crippen LogP contribution in [0.1, 0.15) is 51.5 Å². The van der Waals surface area contributed by atoms with Crippen LogP contribution in [0.5, 0.6) is 5.75 Å². The van der Waals surface area contributed by atoms with Crippen LogP contribution in [0.25, 0.3) is 0 Å². The summed E-state index contributed by atoms with van der Waals surface area (Å²) in [6, 6.07) is 7.68. The number of methoxy groups -OCH3 is 1. The minimum Gasteiger partial charge on any atom is -0.497 e. The van der Waals surface area contributed by atoms with E-state index >= 15 is 0 Å². The van der Waals surface area contributed by atoms with E-state index in [9.17, 15) is 14.4 Å². The van der Waals surface area contributed by atoms with E-state index < -0.39 is 5.54 Å². The van der Waals surface area contributed by atoms with Gasteiger partial charge in [-0.1, -0.05) is 12.1 Å². The van der Waals surface area contributed by atoms with Crippen molar-refractivity contribution in [3.8, 4) is 5.75 Å². The predicted octanol–water partition coefficient (Wildman–Crippen LogP) is 2.30. The molecule has 30 heavy (non-hydrogen) atoms. The number of nitrogens with zero attached hydrogens (tertiary/aromatic N) is 2. The first kappa shape index (κ1) is 22.1. The zero-order valence-corrected chi connectivity index (χ0v) is 18.3. The van der Waals surface area contributed by atoms with Crippen molar-refractivity contribution in [2.45, 2.75) is 51.5 Å². The van der Waals surface area contributed by atoms with Crippen molar-refractivity contribution in [2.75, 3.05) is 33.3 Å². The molecule has 0 bridgehead atoms. The quantitative estimate of drug-likeness (QED) is 0.707. The third-order valence-electron chi connectivity index (χ3n) is 6.15. The van der Waals surface area contributed by atoms with Gasteiger partial charge in [-0.3, -0.25) is 14.4 Å². The molecule has 7 nitrogen and oxygen atoms in total. The molecule has 2 heterocycles. The molecule has 7 heteroatoms. The molecule has 1 aromatic rings. The Labute approximate surface area is 178 Å². The summed E-state index contributed by atoms with van der Waals surface area (Å²) in [5.74, 6) is 0.842. The maximum absolute atomic E-state index is 13.0. The highest BCUT2D eigenvalue weighted by Gasteiger charge is 2.33. The topological polar surface area (TPSA) is 79.0 Å². The zero-order chi connectivity index (χ0) is 21.7. The number of carbonyl (C=O) groups is 3. The van der Waals surface area contributed by atoms with Gasteiger partial charge in [0.15, 0.2) is 0 Å².